The Bertz CT molecular complexity index is 513. The maximum Gasteiger partial charge on any atom is 0.220 e. The highest BCUT2D eigenvalue weighted by Crippen LogP contribution is 2.34. The molecule has 5 heteroatoms. The molecule has 2 fully saturated rings. The first kappa shape index (κ1) is 15.0. The molecule has 4 atom stereocenters. The number of aryl methyl sites for hydroxylation is 1. The molecule has 0 spiro atoms. The molecular weight excluding hydrogens is 282 g/mol. The van der Waals surface area contributed by atoms with Gasteiger partial charge in [0.15, 0.2) is 0 Å². The minimum absolute atomic E-state index is 0.123. The van der Waals surface area contributed by atoms with E-state index in [0.29, 0.717) is 24.4 Å². The number of carbonyl (C=O) groups excluding carboxylic acids is 1. The fourth-order valence-electron chi connectivity index (χ4n) is 3.77. The summed E-state index contributed by atoms with van der Waals surface area (Å²) in [6.45, 7) is 6.32. The summed E-state index contributed by atoms with van der Waals surface area (Å²) in [4.78, 5) is 16.8. The molecule has 0 saturated carbocycles. The van der Waals surface area contributed by atoms with E-state index in [1.807, 2.05) is 11.3 Å². The van der Waals surface area contributed by atoms with Crippen LogP contribution in [-0.4, -0.2) is 36.0 Å². The van der Waals surface area contributed by atoms with Crippen molar-refractivity contribution in [1.29, 1.82) is 0 Å². The lowest BCUT2D eigenvalue weighted by Gasteiger charge is -2.45. The summed E-state index contributed by atoms with van der Waals surface area (Å²) >= 11 is 1.86. The topological polar surface area (TPSA) is 58.4 Å². The highest BCUT2D eigenvalue weighted by molar-refractivity contribution is 7.12. The minimum atomic E-state index is 0.123. The van der Waals surface area contributed by atoms with Gasteiger partial charge in [-0.2, -0.15) is 0 Å². The number of nitrogens with one attached hydrogen (secondary N) is 1. The van der Waals surface area contributed by atoms with Gasteiger partial charge in [0.1, 0.15) is 0 Å². The number of rotatable bonds is 3. The quantitative estimate of drug-likeness (QED) is 0.898. The third-order valence-corrected chi connectivity index (χ3v) is 5.87. The number of likely N-dealkylation sites (tertiary alicyclic amines) is 1. The van der Waals surface area contributed by atoms with Crippen LogP contribution in [0.2, 0.25) is 0 Å². The molecule has 116 valence electrons. The molecule has 1 aromatic heterocycles. The summed E-state index contributed by atoms with van der Waals surface area (Å²) in [6, 6.07) is 5.22. The Morgan fingerprint density at radius 3 is 2.90 bits per heavy atom. The van der Waals surface area contributed by atoms with Crippen molar-refractivity contribution in [2.24, 2.45) is 11.7 Å². The van der Waals surface area contributed by atoms with Crippen LogP contribution in [0.25, 0.3) is 0 Å². The molecule has 1 aromatic rings. The zero-order chi connectivity index (χ0) is 15.0. The first-order valence-corrected chi connectivity index (χ1v) is 8.71. The van der Waals surface area contributed by atoms with E-state index in [9.17, 15) is 4.79 Å². The van der Waals surface area contributed by atoms with Gasteiger partial charge in [0, 0.05) is 41.3 Å². The van der Waals surface area contributed by atoms with Crippen LogP contribution in [0.15, 0.2) is 12.1 Å². The maximum absolute atomic E-state index is 11.5. The average molecular weight is 307 g/mol. The van der Waals surface area contributed by atoms with Gasteiger partial charge in [-0.05, 0) is 44.7 Å². The Morgan fingerprint density at radius 1 is 1.43 bits per heavy atom. The van der Waals surface area contributed by atoms with Gasteiger partial charge in [0.25, 0.3) is 0 Å². The SMILES string of the molecule is Cc1ccc(C(C(C)N)N2CCC3NC(=O)CCC3C2)s1. The van der Waals surface area contributed by atoms with E-state index in [1.54, 1.807) is 0 Å². The second-order valence-electron chi connectivity index (χ2n) is 6.51. The molecule has 2 aliphatic heterocycles. The van der Waals surface area contributed by atoms with E-state index in [-0.39, 0.29) is 11.9 Å². The maximum atomic E-state index is 11.5. The molecule has 4 unspecified atom stereocenters. The van der Waals surface area contributed by atoms with Crippen LogP contribution >= 0.6 is 11.3 Å². The van der Waals surface area contributed by atoms with Crippen molar-refractivity contribution in [2.75, 3.05) is 13.1 Å². The number of hydrogen-bond donors (Lipinski definition) is 2. The monoisotopic (exact) mass is 307 g/mol. The molecule has 4 nitrogen and oxygen atoms in total. The van der Waals surface area contributed by atoms with E-state index in [1.165, 1.54) is 9.75 Å². The number of hydrogen-bond acceptors (Lipinski definition) is 4. The molecule has 0 aliphatic carbocycles. The Balaban J connectivity index is 1.74. The summed E-state index contributed by atoms with van der Waals surface area (Å²) in [7, 11) is 0. The van der Waals surface area contributed by atoms with Crippen LogP contribution in [0.1, 0.15) is 42.0 Å². The normalized spacial score (nSPS) is 29.6. The van der Waals surface area contributed by atoms with E-state index >= 15 is 0 Å². The van der Waals surface area contributed by atoms with E-state index in [4.69, 9.17) is 5.73 Å². The molecule has 2 saturated heterocycles. The van der Waals surface area contributed by atoms with Crippen LogP contribution in [0, 0.1) is 12.8 Å². The summed E-state index contributed by atoms with van der Waals surface area (Å²) in [6.07, 6.45) is 2.74. The highest BCUT2D eigenvalue weighted by atomic mass is 32.1. The predicted octanol–water partition coefficient (Wildman–Crippen LogP) is 2.05. The van der Waals surface area contributed by atoms with Gasteiger partial charge in [-0.1, -0.05) is 0 Å². The van der Waals surface area contributed by atoms with Crippen LogP contribution < -0.4 is 11.1 Å². The summed E-state index contributed by atoms with van der Waals surface area (Å²) in [5.74, 6) is 0.807. The lowest BCUT2D eigenvalue weighted by atomic mass is 9.84. The van der Waals surface area contributed by atoms with Gasteiger partial charge in [-0.3, -0.25) is 9.69 Å². The first-order chi connectivity index (χ1) is 10.0. The minimum Gasteiger partial charge on any atom is -0.353 e. The van der Waals surface area contributed by atoms with Crippen molar-refractivity contribution in [1.82, 2.24) is 10.2 Å². The number of fused-ring (bicyclic) bond motifs is 1. The fourth-order valence-corrected chi connectivity index (χ4v) is 4.90. The lowest BCUT2D eigenvalue weighted by Crippen LogP contribution is -2.55. The number of nitrogens with zero attached hydrogens (tertiary/aromatic N) is 1. The van der Waals surface area contributed by atoms with E-state index in [0.717, 1.165) is 25.9 Å². The third kappa shape index (κ3) is 3.15. The fraction of sp³-hybridized carbons (Fsp3) is 0.688. The Kier molecular flexibility index (Phi) is 4.33. The van der Waals surface area contributed by atoms with Crippen molar-refractivity contribution >= 4 is 17.2 Å². The number of amides is 1. The lowest BCUT2D eigenvalue weighted by molar-refractivity contribution is -0.125. The van der Waals surface area contributed by atoms with Crippen molar-refractivity contribution in [3.05, 3.63) is 21.9 Å². The van der Waals surface area contributed by atoms with Crippen LogP contribution in [-0.2, 0) is 4.79 Å². The average Bonchev–Trinajstić information content (AvgIpc) is 2.85. The Hall–Kier alpha value is -0.910. The van der Waals surface area contributed by atoms with Gasteiger partial charge in [0.05, 0.1) is 6.04 Å². The largest absolute Gasteiger partial charge is 0.353 e. The van der Waals surface area contributed by atoms with E-state index in [2.05, 4.69) is 36.2 Å². The second kappa shape index (κ2) is 6.07. The summed E-state index contributed by atoms with van der Waals surface area (Å²) in [5.41, 5.74) is 6.29. The molecular formula is C16H25N3OS. The van der Waals surface area contributed by atoms with Crippen molar-refractivity contribution in [3.8, 4) is 0 Å². The summed E-state index contributed by atoms with van der Waals surface area (Å²) < 4.78 is 0. The predicted molar refractivity (Wildman–Crippen MR) is 86.3 cm³/mol. The van der Waals surface area contributed by atoms with Gasteiger partial charge in [0.2, 0.25) is 5.91 Å². The first-order valence-electron chi connectivity index (χ1n) is 7.90. The smallest absolute Gasteiger partial charge is 0.220 e. The molecule has 0 aromatic carbocycles. The molecule has 0 radical (unpaired) electrons. The molecule has 3 rings (SSSR count). The Labute approximate surface area is 130 Å². The zero-order valence-corrected chi connectivity index (χ0v) is 13.7. The highest BCUT2D eigenvalue weighted by Gasteiger charge is 2.37. The number of carbonyl (C=O) groups is 1. The zero-order valence-electron chi connectivity index (χ0n) is 12.8. The van der Waals surface area contributed by atoms with Crippen LogP contribution in [0.5, 0.6) is 0 Å². The van der Waals surface area contributed by atoms with Gasteiger partial charge in [-0.25, -0.2) is 0 Å². The van der Waals surface area contributed by atoms with Gasteiger partial charge < -0.3 is 11.1 Å². The Morgan fingerprint density at radius 2 is 2.24 bits per heavy atom. The number of thiophene rings is 1. The van der Waals surface area contributed by atoms with Crippen molar-refractivity contribution in [3.63, 3.8) is 0 Å². The third-order valence-electron chi connectivity index (χ3n) is 4.80. The molecule has 3 N–H and O–H groups in total. The molecule has 0 bridgehead atoms. The van der Waals surface area contributed by atoms with E-state index < -0.39 is 0 Å². The second-order valence-corrected chi connectivity index (χ2v) is 7.83. The molecule has 3 heterocycles. The van der Waals surface area contributed by atoms with Crippen LogP contribution in [0.3, 0.4) is 0 Å². The number of nitrogens with two attached hydrogens (primary N) is 1. The van der Waals surface area contributed by atoms with Crippen molar-refractivity contribution < 1.29 is 4.79 Å². The number of piperidine rings is 2. The standard InChI is InChI=1S/C16H25N3OS/c1-10-3-5-14(21-10)16(11(2)17)19-8-7-13-12(9-19)4-6-15(20)18-13/h3,5,11-13,16H,4,6-9,17H2,1-2H3,(H,18,20). The van der Waals surface area contributed by atoms with Gasteiger partial charge >= 0.3 is 0 Å². The molecule has 21 heavy (non-hydrogen) atoms. The molecule has 2 aliphatic rings. The van der Waals surface area contributed by atoms with Crippen molar-refractivity contribution in [2.45, 2.75) is 51.2 Å². The summed E-state index contributed by atoms with van der Waals surface area (Å²) in [5, 5.41) is 3.16. The van der Waals surface area contributed by atoms with Crippen LogP contribution in [0.4, 0.5) is 0 Å². The van der Waals surface area contributed by atoms with Gasteiger partial charge in [-0.15, -0.1) is 11.3 Å². The molecule has 1 amide bonds.